The molecule has 17 heavy (non-hydrogen) atoms. The van der Waals surface area contributed by atoms with Crippen LogP contribution in [0.15, 0.2) is 0 Å². The number of amides is 2. The Hall–Kier alpha value is -1.14. The van der Waals surface area contributed by atoms with Gasteiger partial charge < -0.3 is 21.1 Å². The number of morpholine rings is 1. The molecular weight excluding hydrogens is 222 g/mol. The number of nitrogens with zero attached hydrogens (tertiary/aromatic N) is 1. The Morgan fingerprint density at radius 1 is 1.53 bits per heavy atom. The van der Waals surface area contributed by atoms with Crippen LogP contribution in [0.3, 0.4) is 0 Å². The van der Waals surface area contributed by atoms with Gasteiger partial charge in [-0.2, -0.15) is 0 Å². The van der Waals surface area contributed by atoms with E-state index in [-0.39, 0.29) is 18.4 Å². The first-order chi connectivity index (χ1) is 7.97. The summed E-state index contributed by atoms with van der Waals surface area (Å²) in [5.41, 5.74) is 11.0. The maximum Gasteiger partial charge on any atom is 0.248 e. The number of rotatable bonds is 4. The van der Waals surface area contributed by atoms with Crippen LogP contribution in [0.4, 0.5) is 0 Å². The minimum absolute atomic E-state index is 0.123. The van der Waals surface area contributed by atoms with Crippen LogP contribution in [-0.2, 0) is 14.3 Å². The molecule has 0 aromatic heterocycles. The van der Waals surface area contributed by atoms with Gasteiger partial charge in [-0.1, -0.05) is 20.3 Å². The van der Waals surface area contributed by atoms with Gasteiger partial charge >= 0.3 is 0 Å². The zero-order valence-electron chi connectivity index (χ0n) is 10.4. The lowest BCUT2D eigenvalue weighted by atomic mass is 9.98. The summed E-state index contributed by atoms with van der Waals surface area (Å²) in [5.74, 6) is -0.550. The second-order valence-electron chi connectivity index (χ2n) is 4.46. The summed E-state index contributed by atoms with van der Waals surface area (Å²) in [7, 11) is 0. The number of ether oxygens (including phenoxy) is 1. The van der Waals surface area contributed by atoms with Crippen molar-refractivity contribution in [1.82, 2.24) is 4.90 Å². The van der Waals surface area contributed by atoms with Crippen molar-refractivity contribution in [2.75, 3.05) is 19.7 Å². The Morgan fingerprint density at radius 3 is 2.71 bits per heavy atom. The topological polar surface area (TPSA) is 98.7 Å². The van der Waals surface area contributed by atoms with E-state index in [9.17, 15) is 9.59 Å². The Morgan fingerprint density at radius 2 is 2.18 bits per heavy atom. The van der Waals surface area contributed by atoms with Gasteiger partial charge in [-0.25, -0.2) is 0 Å². The second kappa shape index (κ2) is 5.97. The molecule has 1 saturated heterocycles. The van der Waals surface area contributed by atoms with E-state index in [2.05, 4.69) is 0 Å². The highest BCUT2D eigenvalue weighted by Crippen LogP contribution is 2.12. The summed E-state index contributed by atoms with van der Waals surface area (Å²) in [6.07, 6.45) is 0.132. The quantitative estimate of drug-likeness (QED) is 0.666. The number of primary amides is 1. The van der Waals surface area contributed by atoms with Crippen molar-refractivity contribution in [2.24, 2.45) is 17.4 Å². The lowest BCUT2D eigenvalue weighted by molar-refractivity contribution is -0.147. The normalized spacial score (nSPS) is 24.2. The van der Waals surface area contributed by atoms with E-state index in [1.807, 2.05) is 13.8 Å². The van der Waals surface area contributed by atoms with Crippen LogP contribution < -0.4 is 11.5 Å². The van der Waals surface area contributed by atoms with E-state index < -0.39 is 18.1 Å². The summed E-state index contributed by atoms with van der Waals surface area (Å²) in [6, 6.07) is -0.522. The molecule has 0 radical (unpaired) electrons. The van der Waals surface area contributed by atoms with Gasteiger partial charge in [-0.05, 0) is 5.92 Å². The third-order valence-electron chi connectivity index (χ3n) is 3.24. The average molecular weight is 243 g/mol. The SMILES string of the molecule is CC[C@H](C)[C@@H](N)C(=O)N1CCO[C@@H](C(N)=O)C1. The van der Waals surface area contributed by atoms with Crippen LogP contribution in [0.1, 0.15) is 20.3 Å². The molecule has 6 heteroatoms. The number of hydrogen-bond donors (Lipinski definition) is 2. The van der Waals surface area contributed by atoms with Crippen molar-refractivity contribution < 1.29 is 14.3 Å². The molecule has 1 fully saturated rings. The van der Waals surface area contributed by atoms with Gasteiger partial charge in [-0.3, -0.25) is 9.59 Å². The molecule has 0 bridgehead atoms. The minimum atomic E-state index is -0.711. The first kappa shape index (κ1) is 13.9. The summed E-state index contributed by atoms with van der Waals surface area (Å²) >= 11 is 0. The van der Waals surface area contributed by atoms with Crippen molar-refractivity contribution in [3.05, 3.63) is 0 Å². The molecule has 1 aliphatic rings. The van der Waals surface area contributed by atoms with Crippen LogP contribution in [0, 0.1) is 5.92 Å². The van der Waals surface area contributed by atoms with E-state index in [0.29, 0.717) is 13.2 Å². The van der Waals surface area contributed by atoms with Crippen molar-refractivity contribution in [3.63, 3.8) is 0 Å². The highest BCUT2D eigenvalue weighted by atomic mass is 16.5. The van der Waals surface area contributed by atoms with Gasteiger partial charge in [-0.15, -0.1) is 0 Å². The van der Waals surface area contributed by atoms with Crippen molar-refractivity contribution in [1.29, 1.82) is 0 Å². The van der Waals surface area contributed by atoms with Gasteiger partial charge in [0.25, 0.3) is 0 Å². The van der Waals surface area contributed by atoms with E-state index in [4.69, 9.17) is 16.2 Å². The Labute approximate surface area is 101 Å². The van der Waals surface area contributed by atoms with E-state index in [1.165, 1.54) is 0 Å². The van der Waals surface area contributed by atoms with Crippen LogP contribution in [0.5, 0.6) is 0 Å². The monoisotopic (exact) mass is 243 g/mol. The molecule has 0 unspecified atom stereocenters. The first-order valence-electron chi connectivity index (χ1n) is 5.92. The third-order valence-corrected chi connectivity index (χ3v) is 3.24. The standard InChI is InChI=1S/C11H21N3O3/c1-3-7(2)9(12)11(16)14-4-5-17-8(6-14)10(13)15/h7-9H,3-6,12H2,1-2H3,(H2,13,15)/t7-,8+,9+/m0/s1. The van der Waals surface area contributed by atoms with Crippen LogP contribution in [0.25, 0.3) is 0 Å². The smallest absolute Gasteiger partial charge is 0.248 e. The predicted octanol–water partition coefficient (Wildman–Crippen LogP) is -0.927. The van der Waals surface area contributed by atoms with Gasteiger partial charge in [0.05, 0.1) is 19.2 Å². The molecule has 1 heterocycles. The van der Waals surface area contributed by atoms with Gasteiger partial charge in [0.15, 0.2) is 6.10 Å². The molecule has 0 spiro atoms. The number of hydrogen-bond acceptors (Lipinski definition) is 4. The zero-order chi connectivity index (χ0) is 13.0. The summed E-state index contributed by atoms with van der Waals surface area (Å²) in [5, 5.41) is 0. The molecule has 3 atom stereocenters. The number of carbonyl (C=O) groups excluding carboxylic acids is 2. The predicted molar refractivity (Wildman–Crippen MR) is 62.9 cm³/mol. The fourth-order valence-corrected chi connectivity index (χ4v) is 1.73. The fraction of sp³-hybridized carbons (Fsp3) is 0.818. The average Bonchev–Trinajstić information content (AvgIpc) is 2.36. The van der Waals surface area contributed by atoms with Crippen LogP contribution >= 0.6 is 0 Å². The molecule has 1 aliphatic heterocycles. The van der Waals surface area contributed by atoms with E-state index in [1.54, 1.807) is 4.90 Å². The highest BCUT2D eigenvalue weighted by Gasteiger charge is 2.31. The largest absolute Gasteiger partial charge is 0.367 e. The summed E-state index contributed by atoms with van der Waals surface area (Å²) in [4.78, 5) is 24.6. The minimum Gasteiger partial charge on any atom is -0.367 e. The van der Waals surface area contributed by atoms with Gasteiger partial charge in [0.2, 0.25) is 11.8 Å². The molecule has 0 saturated carbocycles. The lowest BCUT2D eigenvalue weighted by Gasteiger charge is -2.34. The Balaban J connectivity index is 2.60. The summed E-state index contributed by atoms with van der Waals surface area (Å²) in [6.45, 7) is 4.93. The highest BCUT2D eigenvalue weighted by molar-refractivity contribution is 5.84. The molecule has 0 aliphatic carbocycles. The third kappa shape index (κ3) is 3.41. The van der Waals surface area contributed by atoms with Gasteiger partial charge in [0.1, 0.15) is 0 Å². The Kier molecular flexibility index (Phi) is 4.89. The van der Waals surface area contributed by atoms with Gasteiger partial charge in [0, 0.05) is 6.54 Å². The summed E-state index contributed by atoms with van der Waals surface area (Å²) < 4.78 is 5.18. The molecular formula is C11H21N3O3. The molecule has 2 amide bonds. The lowest BCUT2D eigenvalue weighted by Crippen LogP contribution is -2.55. The molecule has 0 aromatic rings. The van der Waals surface area contributed by atoms with Crippen molar-refractivity contribution in [2.45, 2.75) is 32.4 Å². The zero-order valence-corrected chi connectivity index (χ0v) is 10.4. The van der Waals surface area contributed by atoms with Crippen LogP contribution in [-0.4, -0.2) is 48.6 Å². The molecule has 4 N–H and O–H groups in total. The van der Waals surface area contributed by atoms with E-state index in [0.717, 1.165) is 6.42 Å². The fourth-order valence-electron chi connectivity index (χ4n) is 1.73. The number of nitrogens with two attached hydrogens (primary N) is 2. The first-order valence-corrected chi connectivity index (χ1v) is 5.92. The maximum absolute atomic E-state index is 12.1. The Bertz CT molecular complexity index is 296. The molecule has 6 nitrogen and oxygen atoms in total. The van der Waals surface area contributed by atoms with Crippen molar-refractivity contribution >= 4 is 11.8 Å². The second-order valence-corrected chi connectivity index (χ2v) is 4.46. The van der Waals surface area contributed by atoms with Crippen LogP contribution in [0.2, 0.25) is 0 Å². The molecule has 1 rings (SSSR count). The maximum atomic E-state index is 12.1. The van der Waals surface area contributed by atoms with Crippen molar-refractivity contribution in [3.8, 4) is 0 Å². The number of carbonyl (C=O) groups is 2. The molecule has 98 valence electrons. The molecule has 0 aromatic carbocycles. The van der Waals surface area contributed by atoms with E-state index >= 15 is 0 Å².